The fourth-order valence-corrected chi connectivity index (χ4v) is 4.30. The van der Waals surface area contributed by atoms with Gasteiger partial charge in [-0.3, -0.25) is 19.0 Å². The molecule has 0 spiro atoms. The van der Waals surface area contributed by atoms with E-state index in [-0.39, 0.29) is 23.8 Å². The van der Waals surface area contributed by atoms with Gasteiger partial charge in [0.1, 0.15) is 4.83 Å². The third-order valence-electron chi connectivity index (χ3n) is 4.95. The van der Waals surface area contributed by atoms with Gasteiger partial charge in [0.2, 0.25) is 5.91 Å². The van der Waals surface area contributed by atoms with Crippen LogP contribution in [0.3, 0.4) is 0 Å². The fraction of sp³-hybridized carbons (Fsp3) is 0.167. The number of Topliss-reactive ketones (excluding diaryl/α,β-unsaturated/α-hetero) is 1. The molecule has 0 saturated heterocycles. The lowest BCUT2D eigenvalue weighted by Crippen LogP contribution is -2.24. The van der Waals surface area contributed by atoms with E-state index >= 15 is 0 Å². The molecule has 31 heavy (non-hydrogen) atoms. The summed E-state index contributed by atoms with van der Waals surface area (Å²) < 4.78 is 1.36. The normalized spacial score (nSPS) is 10.9. The van der Waals surface area contributed by atoms with Crippen molar-refractivity contribution in [1.29, 1.82) is 0 Å². The number of hydrogen-bond acceptors (Lipinski definition) is 5. The molecule has 0 aliphatic carbocycles. The maximum atomic E-state index is 12.9. The monoisotopic (exact) mass is 431 g/mol. The number of ketones is 1. The number of rotatable bonds is 7. The number of fused-ring (bicyclic) bond motifs is 1. The van der Waals surface area contributed by atoms with Gasteiger partial charge in [-0.25, -0.2) is 4.98 Å². The Labute approximate surface area is 183 Å². The summed E-state index contributed by atoms with van der Waals surface area (Å²) in [7, 11) is 0. The van der Waals surface area contributed by atoms with Crippen molar-refractivity contribution in [1.82, 2.24) is 14.9 Å². The first-order valence-electron chi connectivity index (χ1n) is 9.92. The molecule has 2 heterocycles. The van der Waals surface area contributed by atoms with Gasteiger partial charge >= 0.3 is 0 Å². The van der Waals surface area contributed by atoms with Crippen LogP contribution in [0.1, 0.15) is 22.8 Å². The van der Waals surface area contributed by atoms with Crippen molar-refractivity contribution in [3.63, 3.8) is 0 Å². The van der Waals surface area contributed by atoms with Crippen molar-refractivity contribution in [2.45, 2.75) is 19.9 Å². The molecular weight excluding hydrogens is 410 g/mol. The van der Waals surface area contributed by atoms with E-state index in [1.807, 2.05) is 48.5 Å². The second kappa shape index (κ2) is 9.06. The van der Waals surface area contributed by atoms with E-state index in [0.717, 1.165) is 16.0 Å². The van der Waals surface area contributed by atoms with E-state index in [1.165, 1.54) is 29.2 Å². The van der Waals surface area contributed by atoms with Crippen LogP contribution in [-0.4, -0.2) is 27.8 Å². The van der Waals surface area contributed by atoms with Gasteiger partial charge in [0.25, 0.3) is 5.56 Å². The number of hydrogen-bond donors (Lipinski definition) is 1. The lowest BCUT2D eigenvalue weighted by molar-refractivity contribution is -0.118. The summed E-state index contributed by atoms with van der Waals surface area (Å²) in [6.07, 6.45) is 2.13. The molecule has 1 N–H and O–H groups in total. The molecule has 156 valence electrons. The van der Waals surface area contributed by atoms with Crippen LogP contribution >= 0.6 is 11.3 Å². The number of aromatic nitrogens is 2. The van der Waals surface area contributed by atoms with Crippen LogP contribution in [0.5, 0.6) is 0 Å². The van der Waals surface area contributed by atoms with Crippen molar-refractivity contribution >= 4 is 33.2 Å². The van der Waals surface area contributed by atoms with E-state index in [4.69, 9.17) is 0 Å². The van der Waals surface area contributed by atoms with Gasteiger partial charge in [-0.1, -0.05) is 54.6 Å². The van der Waals surface area contributed by atoms with Crippen molar-refractivity contribution in [2.75, 3.05) is 6.54 Å². The first-order valence-corrected chi connectivity index (χ1v) is 10.7. The summed E-state index contributed by atoms with van der Waals surface area (Å²) in [6.45, 7) is 1.97. The summed E-state index contributed by atoms with van der Waals surface area (Å²) in [5.74, 6) is -0.223. The highest BCUT2D eigenvalue weighted by atomic mass is 32.1. The molecule has 7 heteroatoms. The molecule has 0 atom stereocenters. The third kappa shape index (κ3) is 4.78. The Hall–Kier alpha value is -3.58. The molecule has 0 unspecified atom stereocenters. The topological polar surface area (TPSA) is 81.1 Å². The number of carbonyl (C=O) groups excluding carboxylic acids is 2. The summed E-state index contributed by atoms with van der Waals surface area (Å²) in [6, 6.07) is 18.9. The van der Waals surface area contributed by atoms with Crippen LogP contribution in [0.25, 0.3) is 20.7 Å². The number of benzene rings is 2. The summed E-state index contributed by atoms with van der Waals surface area (Å²) in [5.41, 5.74) is 2.37. The van der Waals surface area contributed by atoms with Crippen molar-refractivity contribution in [3.8, 4) is 10.4 Å². The first kappa shape index (κ1) is 20.7. The zero-order valence-corrected chi connectivity index (χ0v) is 17.8. The van der Waals surface area contributed by atoms with Crippen LogP contribution in [0.4, 0.5) is 0 Å². The molecule has 1 amide bonds. The summed E-state index contributed by atoms with van der Waals surface area (Å²) >= 11 is 1.46. The van der Waals surface area contributed by atoms with Crippen LogP contribution in [-0.2, 0) is 17.8 Å². The highest BCUT2D eigenvalue weighted by Gasteiger charge is 2.13. The zero-order chi connectivity index (χ0) is 21.8. The lowest BCUT2D eigenvalue weighted by atomic mass is 10.1. The molecular formula is C24H21N3O3S. The average molecular weight is 432 g/mol. The van der Waals surface area contributed by atoms with Gasteiger partial charge in [-0.2, -0.15) is 0 Å². The molecule has 0 aliphatic heterocycles. The number of thiophene rings is 1. The van der Waals surface area contributed by atoms with Gasteiger partial charge in [0, 0.05) is 23.9 Å². The summed E-state index contributed by atoms with van der Waals surface area (Å²) in [5, 5.41) is 3.27. The molecule has 4 aromatic rings. The summed E-state index contributed by atoms with van der Waals surface area (Å²) in [4.78, 5) is 42.6. The average Bonchev–Trinajstić information content (AvgIpc) is 3.22. The minimum absolute atomic E-state index is 0.0654. The predicted molar refractivity (Wildman–Crippen MR) is 122 cm³/mol. The molecule has 0 saturated carbocycles. The maximum Gasteiger partial charge on any atom is 0.262 e. The minimum atomic E-state index is -0.219. The van der Waals surface area contributed by atoms with E-state index in [1.54, 1.807) is 12.1 Å². The SMILES string of the molecule is CC(=O)NCCc1ccc(C(=O)Cn2cnc3sc(-c4ccccc4)cc3c2=O)cc1. The van der Waals surface area contributed by atoms with E-state index < -0.39 is 0 Å². The Morgan fingerprint density at radius 1 is 1.06 bits per heavy atom. The second-order valence-corrected chi connectivity index (χ2v) is 8.26. The predicted octanol–water partition coefficient (Wildman–Crippen LogP) is 3.69. The molecule has 4 rings (SSSR count). The zero-order valence-electron chi connectivity index (χ0n) is 17.0. The quantitative estimate of drug-likeness (QED) is 0.453. The molecule has 0 radical (unpaired) electrons. The molecule has 2 aromatic heterocycles. The highest BCUT2D eigenvalue weighted by Crippen LogP contribution is 2.30. The van der Waals surface area contributed by atoms with Gasteiger partial charge in [0.05, 0.1) is 18.3 Å². The van der Waals surface area contributed by atoms with E-state index in [2.05, 4.69) is 10.3 Å². The Morgan fingerprint density at radius 3 is 2.52 bits per heavy atom. The van der Waals surface area contributed by atoms with Crippen molar-refractivity contribution in [2.24, 2.45) is 0 Å². The maximum absolute atomic E-state index is 12.9. The van der Waals surface area contributed by atoms with Crippen LogP contribution < -0.4 is 10.9 Å². The minimum Gasteiger partial charge on any atom is -0.356 e. The molecule has 0 fully saturated rings. The molecule has 2 aromatic carbocycles. The smallest absolute Gasteiger partial charge is 0.262 e. The van der Waals surface area contributed by atoms with Gasteiger partial charge in [-0.05, 0) is 23.6 Å². The number of amides is 1. The van der Waals surface area contributed by atoms with Crippen LogP contribution in [0.15, 0.2) is 71.8 Å². The van der Waals surface area contributed by atoms with E-state index in [9.17, 15) is 14.4 Å². The fourth-order valence-electron chi connectivity index (χ4n) is 3.30. The third-order valence-corrected chi connectivity index (χ3v) is 6.05. The number of nitrogens with one attached hydrogen (secondary N) is 1. The Kier molecular flexibility index (Phi) is 6.04. The Bertz CT molecular complexity index is 1290. The van der Waals surface area contributed by atoms with Gasteiger partial charge in [0.15, 0.2) is 5.78 Å². The first-order chi connectivity index (χ1) is 15.0. The van der Waals surface area contributed by atoms with E-state index in [0.29, 0.717) is 28.7 Å². The van der Waals surface area contributed by atoms with Gasteiger partial charge in [-0.15, -0.1) is 11.3 Å². The molecule has 0 bridgehead atoms. The second-order valence-electron chi connectivity index (χ2n) is 7.23. The Balaban J connectivity index is 1.50. The Morgan fingerprint density at radius 2 is 1.81 bits per heavy atom. The highest BCUT2D eigenvalue weighted by molar-refractivity contribution is 7.21. The number of nitrogens with zero attached hydrogens (tertiary/aromatic N) is 2. The molecule has 0 aliphatic rings. The van der Waals surface area contributed by atoms with Crippen LogP contribution in [0.2, 0.25) is 0 Å². The molecule has 6 nitrogen and oxygen atoms in total. The number of carbonyl (C=O) groups is 2. The lowest BCUT2D eigenvalue weighted by Gasteiger charge is -2.06. The van der Waals surface area contributed by atoms with Crippen molar-refractivity contribution < 1.29 is 9.59 Å². The van der Waals surface area contributed by atoms with Crippen LogP contribution in [0, 0.1) is 0 Å². The largest absolute Gasteiger partial charge is 0.356 e. The van der Waals surface area contributed by atoms with Gasteiger partial charge < -0.3 is 5.32 Å². The standard InChI is InChI=1S/C24H21N3O3S/c1-16(28)25-12-11-17-7-9-18(10-8-17)21(29)14-27-15-26-23-20(24(27)30)13-22(31-23)19-5-3-2-4-6-19/h2-10,13,15H,11-12,14H2,1H3,(H,25,28). The van der Waals surface area contributed by atoms with Crippen molar-refractivity contribution in [3.05, 3.63) is 88.5 Å².